The van der Waals surface area contributed by atoms with E-state index in [0.29, 0.717) is 17.1 Å². The highest BCUT2D eigenvalue weighted by atomic mass is 35.5. The van der Waals surface area contributed by atoms with E-state index in [1.54, 1.807) is 12.1 Å². The summed E-state index contributed by atoms with van der Waals surface area (Å²) >= 11 is 6.21. The van der Waals surface area contributed by atoms with Crippen molar-refractivity contribution in [2.24, 2.45) is 0 Å². The zero-order valence-electron chi connectivity index (χ0n) is 13.8. The number of likely N-dealkylation sites (tertiary alicyclic amines) is 1. The maximum atomic E-state index is 14.3. The van der Waals surface area contributed by atoms with Crippen LogP contribution in [0.3, 0.4) is 0 Å². The smallest absolute Gasteiger partial charge is 0.221 e. The van der Waals surface area contributed by atoms with Crippen molar-refractivity contribution in [1.82, 2.24) is 15.5 Å². The molecule has 1 fully saturated rings. The van der Waals surface area contributed by atoms with Crippen molar-refractivity contribution in [3.05, 3.63) is 34.6 Å². The van der Waals surface area contributed by atoms with Gasteiger partial charge in [-0.3, -0.25) is 14.5 Å². The molecule has 0 spiro atoms. The molecule has 0 saturated carbocycles. The highest BCUT2D eigenvalue weighted by Gasteiger charge is 2.27. The molecule has 1 unspecified atom stereocenters. The van der Waals surface area contributed by atoms with Gasteiger partial charge in [0, 0.05) is 37.0 Å². The predicted octanol–water partition coefficient (Wildman–Crippen LogP) is 2.26. The molecule has 1 aromatic rings. The van der Waals surface area contributed by atoms with Gasteiger partial charge < -0.3 is 10.6 Å². The maximum Gasteiger partial charge on any atom is 0.221 e. The molecular formula is C17H23ClFN3O2. The van der Waals surface area contributed by atoms with E-state index in [4.69, 9.17) is 11.6 Å². The van der Waals surface area contributed by atoms with Crippen molar-refractivity contribution >= 4 is 23.4 Å². The van der Waals surface area contributed by atoms with E-state index in [9.17, 15) is 14.0 Å². The number of carbonyl (C=O) groups excluding carboxylic acids is 2. The summed E-state index contributed by atoms with van der Waals surface area (Å²) in [4.78, 5) is 24.9. The first-order chi connectivity index (χ1) is 11.5. The fourth-order valence-corrected chi connectivity index (χ4v) is 3.24. The molecule has 0 aliphatic carbocycles. The molecule has 132 valence electrons. The Morgan fingerprint density at radius 2 is 2.00 bits per heavy atom. The summed E-state index contributed by atoms with van der Waals surface area (Å²) in [5.41, 5.74) is 0.434. The minimum Gasteiger partial charge on any atom is -0.356 e. The summed E-state index contributed by atoms with van der Waals surface area (Å²) in [6.45, 7) is 3.70. The van der Waals surface area contributed by atoms with E-state index in [1.165, 1.54) is 13.0 Å². The van der Waals surface area contributed by atoms with Crippen LogP contribution in [-0.2, 0) is 9.59 Å². The first-order valence-electron chi connectivity index (χ1n) is 8.18. The number of carbonyl (C=O) groups is 2. The summed E-state index contributed by atoms with van der Waals surface area (Å²) in [5.74, 6) is -0.705. The number of rotatable bonds is 7. The summed E-state index contributed by atoms with van der Waals surface area (Å²) < 4.78 is 14.3. The topological polar surface area (TPSA) is 61.4 Å². The third-order valence-corrected chi connectivity index (χ3v) is 4.46. The van der Waals surface area contributed by atoms with Crippen LogP contribution in [0.25, 0.3) is 0 Å². The Hall–Kier alpha value is -1.66. The van der Waals surface area contributed by atoms with Crippen LogP contribution in [0.15, 0.2) is 18.2 Å². The van der Waals surface area contributed by atoms with E-state index < -0.39 is 0 Å². The molecule has 1 saturated heterocycles. The highest BCUT2D eigenvalue weighted by molar-refractivity contribution is 6.31. The molecule has 1 aromatic carbocycles. The van der Waals surface area contributed by atoms with Gasteiger partial charge in [-0.15, -0.1) is 0 Å². The lowest BCUT2D eigenvalue weighted by Crippen LogP contribution is -2.38. The quantitative estimate of drug-likeness (QED) is 0.788. The van der Waals surface area contributed by atoms with Crippen molar-refractivity contribution in [2.45, 2.75) is 32.2 Å². The average molecular weight is 356 g/mol. The second-order valence-electron chi connectivity index (χ2n) is 5.93. The lowest BCUT2D eigenvalue weighted by Gasteiger charge is -2.29. The van der Waals surface area contributed by atoms with Gasteiger partial charge in [-0.1, -0.05) is 17.7 Å². The number of hydrogen-bond donors (Lipinski definition) is 2. The van der Waals surface area contributed by atoms with Crippen LogP contribution in [0, 0.1) is 5.82 Å². The molecule has 1 atom stereocenters. The molecule has 2 amide bonds. The van der Waals surface area contributed by atoms with E-state index in [-0.39, 0.29) is 36.6 Å². The standard InChI is InChI=1S/C17H23ClFN3O2/c1-12(23)20-8-7-16(24)21-11-15(22-9-2-3-10-22)17-13(18)5-4-6-14(17)19/h4-6,15H,2-3,7-11H2,1H3,(H,20,23)(H,21,24). The van der Waals surface area contributed by atoms with Crippen LogP contribution in [0.5, 0.6) is 0 Å². The minimum absolute atomic E-state index is 0.170. The normalized spacial score (nSPS) is 16.0. The fourth-order valence-electron chi connectivity index (χ4n) is 2.95. The van der Waals surface area contributed by atoms with Crippen LogP contribution in [-0.4, -0.2) is 42.9 Å². The van der Waals surface area contributed by atoms with Gasteiger partial charge >= 0.3 is 0 Å². The minimum atomic E-state index is -0.355. The molecule has 1 aliphatic heterocycles. The molecule has 1 aliphatic rings. The van der Waals surface area contributed by atoms with Gasteiger partial charge in [0.25, 0.3) is 0 Å². The van der Waals surface area contributed by atoms with Gasteiger partial charge in [-0.2, -0.15) is 0 Å². The monoisotopic (exact) mass is 355 g/mol. The van der Waals surface area contributed by atoms with Gasteiger partial charge in [-0.25, -0.2) is 4.39 Å². The molecule has 0 bridgehead atoms. The first-order valence-corrected chi connectivity index (χ1v) is 8.56. The number of benzene rings is 1. The summed E-state index contributed by atoms with van der Waals surface area (Å²) in [7, 11) is 0. The third kappa shape index (κ3) is 5.18. The second-order valence-corrected chi connectivity index (χ2v) is 6.34. The lowest BCUT2D eigenvalue weighted by atomic mass is 10.0. The zero-order chi connectivity index (χ0) is 17.5. The van der Waals surface area contributed by atoms with Gasteiger partial charge in [0.05, 0.1) is 6.04 Å². The van der Waals surface area contributed by atoms with Crippen molar-refractivity contribution in [3.8, 4) is 0 Å². The van der Waals surface area contributed by atoms with Crippen molar-refractivity contribution in [3.63, 3.8) is 0 Å². The van der Waals surface area contributed by atoms with Crippen molar-refractivity contribution in [1.29, 1.82) is 0 Å². The Morgan fingerprint density at radius 1 is 1.29 bits per heavy atom. The zero-order valence-corrected chi connectivity index (χ0v) is 14.5. The van der Waals surface area contributed by atoms with E-state index >= 15 is 0 Å². The van der Waals surface area contributed by atoms with Crippen LogP contribution in [0.1, 0.15) is 37.8 Å². The molecule has 5 nitrogen and oxygen atoms in total. The lowest BCUT2D eigenvalue weighted by molar-refractivity contribution is -0.121. The molecule has 24 heavy (non-hydrogen) atoms. The van der Waals surface area contributed by atoms with Gasteiger partial charge in [0.2, 0.25) is 11.8 Å². The summed E-state index contributed by atoms with van der Waals surface area (Å²) in [6.07, 6.45) is 2.30. The molecule has 2 rings (SSSR count). The average Bonchev–Trinajstić information content (AvgIpc) is 3.03. The van der Waals surface area contributed by atoms with Crippen LogP contribution >= 0.6 is 11.6 Å². The van der Waals surface area contributed by atoms with E-state index in [0.717, 1.165) is 25.9 Å². The molecule has 0 aromatic heterocycles. The predicted molar refractivity (Wildman–Crippen MR) is 91.3 cm³/mol. The highest BCUT2D eigenvalue weighted by Crippen LogP contribution is 2.31. The number of halogens is 2. The molecular weight excluding hydrogens is 333 g/mol. The van der Waals surface area contributed by atoms with Crippen LogP contribution in [0.4, 0.5) is 4.39 Å². The van der Waals surface area contributed by atoms with Crippen LogP contribution in [0.2, 0.25) is 5.02 Å². The Labute approximate surface area is 146 Å². The Morgan fingerprint density at radius 3 is 2.62 bits per heavy atom. The van der Waals surface area contributed by atoms with Gasteiger partial charge in [0.15, 0.2) is 0 Å². The van der Waals surface area contributed by atoms with Crippen molar-refractivity contribution in [2.75, 3.05) is 26.2 Å². The van der Waals surface area contributed by atoms with Gasteiger partial charge in [0.1, 0.15) is 5.82 Å². The van der Waals surface area contributed by atoms with Crippen LogP contribution < -0.4 is 10.6 Å². The summed E-state index contributed by atoms with van der Waals surface area (Å²) in [6, 6.07) is 4.35. The summed E-state index contributed by atoms with van der Waals surface area (Å²) in [5, 5.41) is 5.78. The second kappa shape index (κ2) is 8.99. The molecule has 1 heterocycles. The molecule has 2 N–H and O–H groups in total. The maximum absolute atomic E-state index is 14.3. The van der Waals surface area contributed by atoms with Gasteiger partial charge in [-0.05, 0) is 38.1 Å². The Kier molecular flexibility index (Phi) is 6.99. The fraction of sp³-hybridized carbons (Fsp3) is 0.529. The number of nitrogens with zero attached hydrogens (tertiary/aromatic N) is 1. The number of amides is 2. The Balaban J connectivity index is 2.02. The first kappa shape index (κ1) is 18.7. The SMILES string of the molecule is CC(=O)NCCC(=O)NCC(c1c(F)cccc1Cl)N1CCCC1. The van der Waals surface area contributed by atoms with E-state index in [2.05, 4.69) is 15.5 Å². The third-order valence-electron chi connectivity index (χ3n) is 4.13. The number of hydrogen-bond acceptors (Lipinski definition) is 3. The number of nitrogens with one attached hydrogen (secondary N) is 2. The van der Waals surface area contributed by atoms with E-state index in [1.807, 2.05) is 0 Å². The molecule has 7 heteroatoms. The largest absolute Gasteiger partial charge is 0.356 e. The molecule has 0 radical (unpaired) electrons. The Bertz CT molecular complexity index is 571. The van der Waals surface area contributed by atoms with Crippen molar-refractivity contribution < 1.29 is 14.0 Å².